The van der Waals surface area contributed by atoms with Gasteiger partial charge in [0.05, 0.1) is 12.4 Å². The monoisotopic (exact) mass is 390 g/mol. The first-order valence-electron chi connectivity index (χ1n) is 8.69. The van der Waals surface area contributed by atoms with Crippen molar-refractivity contribution in [3.8, 4) is 5.75 Å². The predicted octanol–water partition coefficient (Wildman–Crippen LogP) is 2.72. The third kappa shape index (κ3) is 6.08. The number of benzene rings is 2. The smallest absolute Gasteiger partial charge is 0.243 e. The predicted molar refractivity (Wildman–Crippen MR) is 106 cm³/mol. The van der Waals surface area contributed by atoms with E-state index in [0.717, 1.165) is 21.9 Å². The van der Waals surface area contributed by atoms with Gasteiger partial charge in [0.2, 0.25) is 15.9 Å². The molecule has 0 heterocycles. The highest BCUT2D eigenvalue weighted by Gasteiger charge is 2.30. The van der Waals surface area contributed by atoms with Crippen molar-refractivity contribution < 1.29 is 17.9 Å². The van der Waals surface area contributed by atoms with Gasteiger partial charge in [-0.1, -0.05) is 42.5 Å². The summed E-state index contributed by atoms with van der Waals surface area (Å²) in [6, 6.07) is 15.4. The van der Waals surface area contributed by atoms with Crippen LogP contribution in [0.15, 0.2) is 54.6 Å². The van der Waals surface area contributed by atoms with E-state index in [9.17, 15) is 13.2 Å². The van der Waals surface area contributed by atoms with Gasteiger partial charge in [0, 0.05) is 13.6 Å². The quantitative estimate of drug-likeness (QED) is 0.752. The average Bonchev–Trinajstić information content (AvgIpc) is 2.60. The third-order valence-corrected chi connectivity index (χ3v) is 5.24. The Balaban J connectivity index is 2.17. The van der Waals surface area contributed by atoms with Gasteiger partial charge in [-0.2, -0.15) is 4.31 Å². The van der Waals surface area contributed by atoms with E-state index in [1.807, 2.05) is 44.2 Å². The Morgan fingerprint density at radius 1 is 1.11 bits per heavy atom. The molecule has 0 aliphatic heterocycles. The zero-order valence-corrected chi connectivity index (χ0v) is 16.9. The second-order valence-corrected chi connectivity index (χ2v) is 8.67. The number of nitrogens with zero attached hydrogens (tertiary/aromatic N) is 1. The summed E-state index contributed by atoms with van der Waals surface area (Å²) in [7, 11) is -2.14. The highest BCUT2D eigenvalue weighted by Crippen LogP contribution is 2.22. The highest BCUT2D eigenvalue weighted by molar-refractivity contribution is 7.88. The van der Waals surface area contributed by atoms with Crippen LogP contribution in [0.4, 0.5) is 0 Å². The lowest BCUT2D eigenvalue weighted by molar-refractivity contribution is -0.125. The number of ether oxygens (including phenoxy) is 1. The molecule has 0 aliphatic carbocycles. The van der Waals surface area contributed by atoms with E-state index in [1.54, 1.807) is 24.3 Å². The molecular weight excluding hydrogens is 364 g/mol. The molecule has 2 aromatic carbocycles. The molecule has 2 rings (SSSR count). The minimum atomic E-state index is -3.55. The maximum absolute atomic E-state index is 12.8. The Morgan fingerprint density at radius 2 is 1.78 bits per heavy atom. The van der Waals surface area contributed by atoms with E-state index in [4.69, 9.17) is 4.74 Å². The average molecular weight is 391 g/mol. The summed E-state index contributed by atoms with van der Waals surface area (Å²) < 4.78 is 30.7. The summed E-state index contributed by atoms with van der Waals surface area (Å²) in [4.78, 5) is 12.8. The molecule has 0 spiro atoms. The molecule has 1 amide bonds. The molecule has 0 saturated heterocycles. The molecule has 0 aromatic heterocycles. The molecule has 0 fully saturated rings. The summed E-state index contributed by atoms with van der Waals surface area (Å²) in [5.41, 5.74) is 1.48. The van der Waals surface area contributed by atoms with Crippen molar-refractivity contribution >= 4 is 15.9 Å². The molecule has 0 saturated carbocycles. The van der Waals surface area contributed by atoms with Crippen LogP contribution in [0.1, 0.15) is 31.0 Å². The van der Waals surface area contributed by atoms with Crippen LogP contribution in [-0.2, 0) is 21.4 Å². The van der Waals surface area contributed by atoms with E-state index in [-0.39, 0.29) is 18.6 Å². The Morgan fingerprint density at radius 3 is 2.37 bits per heavy atom. The Bertz CT molecular complexity index is 867. The van der Waals surface area contributed by atoms with Crippen LogP contribution in [0.25, 0.3) is 0 Å². The number of rotatable bonds is 8. The van der Waals surface area contributed by atoms with Gasteiger partial charge in [-0.3, -0.25) is 4.79 Å². The first-order chi connectivity index (χ1) is 12.7. The molecule has 6 nitrogen and oxygen atoms in total. The third-order valence-electron chi connectivity index (χ3n) is 3.99. The van der Waals surface area contributed by atoms with Crippen LogP contribution in [0, 0.1) is 0 Å². The summed E-state index contributed by atoms with van der Waals surface area (Å²) >= 11 is 0. The summed E-state index contributed by atoms with van der Waals surface area (Å²) in [6.07, 6.45) is 1.14. The number of likely N-dealkylation sites (N-methyl/N-ethyl adjacent to an activating group) is 1. The lowest BCUT2D eigenvalue weighted by Crippen LogP contribution is -2.41. The standard InChI is InChI=1S/C20H26N2O4S/c1-15(2)26-18-12-8-9-16(13-18)14-21-20(23)19(22(3)27(4,24)25)17-10-6-5-7-11-17/h5-13,15,19H,14H2,1-4H3,(H,21,23)/t19-/m0/s1. The second-order valence-electron chi connectivity index (χ2n) is 6.62. The van der Waals surface area contributed by atoms with Crippen LogP contribution in [-0.4, -0.2) is 38.0 Å². The molecule has 0 radical (unpaired) electrons. The molecule has 146 valence electrons. The Labute approximate surface area is 161 Å². The van der Waals surface area contributed by atoms with Crippen LogP contribution in [0.3, 0.4) is 0 Å². The minimum Gasteiger partial charge on any atom is -0.491 e. The maximum Gasteiger partial charge on any atom is 0.243 e. The van der Waals surface area contributed by atoms with Crippen molar-refractivity contribution in [2.24, 2.45) is 0 Å². The largest absolute Gasteiger partial charge is 0.491 e. The van der Waals surface area contributed by atoms with Gasteiger partial charge in [-0.15, -0.1) is 0 Å². The molecule has 1 N–H and O–H groups in total. The van der Waals surface area contributed by atoms with Gasteiger partial charge in [0.15, 0.2) is 0 Å². The van der Waals surface area contributed by atoms with E-state index in [2.05, 4.69) is 5.32 Å². The molecule has 27 heavy (non-hydrogen) atoms. The maximum atomic E-state index is 12.8. The normalized spacial score (nSPS) is 12.8. The lowest BCUT2D eigenvalue weighted by Gasteiger charge is -2.25. The Kier molecular flexibility index (Phi) is 6.98. The molecule has 0 bridgehead atoms. The van der Waals surface area contributed by atoms with E-state index in [1.165, 1.54) is 7.05 Å². The van der Waals surface area contributed by atoms with Crippen molar-refractivity contribution in [1.82, 2.24) is 9.62 Å². The minimum absolute atomic E-state index is 0.0562. The van der Waals surface area contributed by atoms with Crippen molar-refractivity contribution in [2.45, 2.75) is 32.5 Å². The van der Waals surface area contributed by atoms with Gasteiger partial charge >= 0.3 is 0 Å². The highest BCUT2D eigenvalue weighted by atomic mass is 32.2. The number of carbonyl (C=O) groups excluding carboxylic acids is 1. The first-order valence-corrected chi connectivity index (χ1v) is 10.5. The fourth-order valence-corrected chi connectivity index (χ4v) is 3.24. The van der Waals surface area contributed by atoms with E-state index < -0.39 is 16.1 Å². The summed E-state index contributed by atoms with van der Waals surface area (Å²) in [5, 5.41) is 2.83. The molecule has 7 heteroatoms. The van der Waals surface area contributed by atoms with Crippen molar-refractivity contribution in [3.63, 3.8) is 0 Å². The van der Waals surface area contributed by atoms with Crippen molar-refractivity contribution in [1.29, 1.82) is 0 Å². The van der Waals surface area contributed by atoms with E-state index in [0.29, 0.717) is 5.56 Å². The Hall–Kier alpha value is -2.38. The van der Waals surface area contributed by atoms with Crippen LogP contribution in [0.5, 0.6) is 5.75 Å². The number of carbonyl (C=O) groups is 1. The number of nitrogens with one attached hydrogen (secondary N) is 1. The van der Waals surface area contributed by atoms with Gasteiger partial charge < -0.3 is 10.1 Å². The molecule has 1 atom stereocenters. The van der Waals surface area contributed by atoms with E-state index >= 15 is 0 Å². The van der Waals surface area contributed by atoms with Gasteiger partial charge in [-0.05, 0) is 37.1 Å². The zero-order chi connectivity index (χ0) is 20.0. The lowest BCUT2D eigenvalue weighted by atomic mass is 10.1. The van der Waals surface area contributed by atoms with Gasteiger partial charge in [-0.25, -0.2) is 8.42 Å². The van der Waals surface area contributed by atoms with Crippen LogP contribution < -0.4 is 10.1 Å². The summed E-state index contributed by atoms with van der Waals surface area (Å²) in [5.74, 6) is 0.342. The van der Waals surface area contributed by atoms with Gasteiger partial charge in [0.25, 0.3) is 0 Å². The number of sulfonamides is 1. The second kappa shape index (κ2) is 9.01. The molecule has 2 aromatic rings. The van der Waals surface area contributed by atoms with Crippen molar-refractivity contribution in [2.75, 3.05) is 13.3 Å². The van der Waals surface area contributed by atoms with Crippen molar-refractivity contribution in [3.05, 3.63) is 65.7 Å². The molecular formula is C20H26N2O4S. The number of amides is 1. The summed E-state index contributed by atoms with van der Waals surface area (Å²) in [6.45, 7) is 4.16. The topological polar surface area (TPSA) is 75.7 Å². The number of hydrogen-bond donors (Lipinski definition) is 1. The fraction of sp³-hybridized carbons (Fsp3) is 0.350. The zero-order valence-electron chi connectivity index (χ0n) is 16.0. The SMILES string of the molecule is CC(C)Oc1cccc(CNC(=O)[C@H](c2ccccc2)N(C)S(C)(=O)=O)c1. The number of hydrogen-bond acceptors (Lipinski definition) is 4. The fourth-order valence-electron chi connectivity index (χ4n) is 2.64. The molecule has 0 unspecified atom stereocenters. The van der Waals surface area contributed by atoms with Crippen LogP contribution in [0.2, 0.25) is 0 Å². The first kappa shape index (κ1) is 20.9. The van der Waals surface area contributed by atoms with Gasteiger partial charge in [0.1, 0.15) is 11.8 Å². The molecule has 0 aliphatic rings. The van der Waals surface area contributed by atoms with Crippen LogP contribution >= 0.6 is 0 Å².